The number of nitrogens with zero attached hydrogens (tertiary/aromatic N) is 2. The summed E-state index contributed by atoms with van der Waals surface area (Å²) in [5.74, 6) is 2.40. The molecule has 1 unspecified atom stereocenters. The molecule has 1 N–H and O–H groups in total. The highest BCUT2D eigenvalue weighted by molar-refractivity contribution is 9.10. The summed E-state index contributed by atoms with van der Waals surface area (Å²) in [4.78, 5) is 12.1. The van der Waals surface area contributed by atoms with Crippen molar-refractivity contribution >= 4 is 37.5 Å². The average molecular weight is 411 g/mol. The first-order valence-corrected chi connectivity index (χ1v) is 7.82. The molecule has 0 amide bonds. The minimum absolute atomic E-state index is 0.0310. The summed E-state index contributed by atoms with van der Waals surface area (Å²) in [6, 6.07) is 8.01. The van der Waals surface area contributed by atoms with Gasteiger partial charge in [-0.15, -0.1) is 6.42 Å². The third-order valence-electron chi connectivity index (χ3n) is 2.95. The lowest BCUT2D eigenvalue weighted by molar-refractivity contribution is 0.658. The maximum Gasteiger partial charge on any atom is 0.284 e. The van der Waals surface area contributed by atoms with Crippen molar-refractivity contribution in [3.05, 3.63) is 55.3 Å². The van der Waals surface area contributed by atoms with Gasteiger partial charge in [-0.3, -0.25) is 4.79 Å². The van der Waals surface area contributed by atoms with Gasteiger partial charge in [-0.1, -0.05) is 34.0 Å². The van der Waals surface area contributed by atoms with Gasteiger partial charge in [0, 0.05) is 10.5 Å². The Morgan fingerprint density at radius 1 is 1.48 bits per heavy atom. The quantitative estimate of drug-likeness (QED) is 0.783. The number of hydrogen-bond donors (Lipinski definition) is 1. The molecule has 0 aliphatic rings. The number of anilines is 1. The van der Waals surface area contributed by atoms with Crippen LogP contribution in [0.3, 0.4) is 0 Å². The van der Waals surface area contributed by atoms with Crippen LogP contribution in [0.1, 0.15) is 18.5 Å². The molecule has 21 heavy (non-hydrogen) atoms. The second kappa shape index (κ2) is 6.92. The Balaban J connectivity index is 2.26. The van der Waals surface area contributed by atoms with Crippen LogP contribution in [0.15, 0.2) is 44.2 Å². The van der Waals surface area contributed by atoms with E-state index >= 15 is 0 Å². The molecule has 0 aliphatic heterocycles. The minimum atomic E-state index is -0.251. The molecule has 4 nitrogen and oxygen atoms in total. The zero-order valence-corrected chi connectivity index (χ0v) is 14.5. The molecule has 0 bridgehead atoms. The molecule has 1 heterocycles. The third-order valence-corrected chi connectivity index (χ3v) is 4.21. The SMILES string of the molecule is C#CCn1ncc(NC(C)c2cccc(Br)c2)c(Br)c1=O. The second-order valence-electron chi connectivity index (χ2n) is 4.46. The summed E-state index contributed by atoms with van der Waals surface area (Å²) in [5.41, 5.74) is 1.49. The van der Waals surface area contributed by atoms with Crippen LogP contribution in [0.5, 0.6) is 0 Å². The van der Waals surface area contributed by atoms with Crippen LogP contribution in [0.2, 0.25) is 0 Å². The summed E-state index contributed by atoms with van der Waals surface area (Å²) >= 11 is 6.75. The number of halogens is 2. The smallest absolute Gasteiger partial charge is 0.284 e. The predicted octanol–water partition coefficient (Wildman–Crippen LogP) is 3.57. The van der Waals surface area contributed by atoms with E-state index < -0.39 is 0 Å². The number of nitrogens with one attached hydrogen (secondary N) is 1. The van der Waals surface area contributed by atoms with Crippen molar-refractivity contribution in [1.29, 1.82) is 0 Å². The molecule has 0 aliphatic carbocycles. The lowest BCUT2D eigenvalue weighted by Crippen LogP contribution is -2.24. The minimum Gasteiger partial charge on any atom is -0.376 e. The zero-order valence-electron chi connectivity index (χ0n) is 11.3. The Morgan fingerprint density at radius 3 is 2.90 bits per heavy atom. The van der Waals surface area contributed by atoms with Crippen molar-refractivity contribution in [3.8, 4) is 12.3 Å². The van der Waals surface area contributed by atoms with Crippen LogP contribution in [0.4, 0.5) is 5.69 Å². The van der Waals surface area contributed by atoms with Crippen molar-refractivity contribution in [2.45, 2.75) is 19.5 Å². The monoisotopic (exact) mass is 409 g/mol. The van der Waals surface area contributed by atoms with E-state index in [0.717, 1.165) is 10.0 Å². The van der Waals surface area contributed by atoms with Gasteiger partial charge in [0.25, 0.3) is 5.56 Å². The van der Waals surface area contributed by atoms with Gasteiger partial charge in [0.15, 0.2) is 0 Å². The summed E-state index contributed by atoms with van der Waals surface area (Å²) in [7, 11) is 0. The van der Waals surface area contributed by atoms with Gasteiger partial charge in [0.05, 0.1) is 11.9 Å². The average Bonchev–Trinajstić information content (AvgIpc) is 2.47. The van der Waals surface area contributed by atoms with Crippen molar-refractivity contribution in [3.63, 3.8) is 0 Å². The highest BCUT2D eigenvalue weighted by atomic mass is 79.9. The first-order chi connectivity index (χ1) is 10.0. The largest absolute Gasteiger partial charge is 0.376 e. The fourth-order valence-electron chi connectivity index (χ4n) is 1.86. The van der Waals surface area contributed by atoms with E-state index in [0.29, 0.717) is 10.2 Å². The van der Waals surface area contributed by atoms with Gasteiger partial charge in [0.1, 0.15) is 11.0 Å². The van der Waals surface area contributed by atoms with Crippen LogP contribution >= 0.6 is 31.9 Å². The molecule has 0 radical (unpaired) electrons. The van der Waals surface area contributed by atoms with Gasteiger partial charge in [-0.2, -0.15) is 5.10 Å². The molecule has 6 heteroatoms. The van der Waals surface area contributed by atoms with Gasteiger partial charge in [-0.05, 0) is 40.5 Å². The molecule has 1 atom stereocenters. The number of benzene rings is 1. The summed E-state index contributed by atoms with van der Waals surface area (Å²) < 4.78 is 2.67. The molecule has 0 fully saturated rings. The van der Waals surface area contributed by atoms with Gasteiger partial charge in [0.2, 0.25) is 0 Å². The van der Waals surface area contributed by atoms with Gasteiger partial charge in [-0.25, -0.2) is 4.68 Å². The number of hydrogen-bond acceptors (Lipinski definition) is 3. The highest BCUT2D eigenvalue weighted by Gasteiger charge is 2.12. The molecule has 1 aromatic carbocycles. The molecule has 108 valence electrons. The number of rotatable bonds is 4. The maximum absolute atomic E-state index is 12.1. The maximum atomic E-state index is 12.1. The Bertz CT molecular complexity index is 749. The highest BCUT2D eigenvalue weighted by Crippen LogP contribution is 2.24. The third kappa shape index (κ3) is 3.74. The van der Waals surface area contributed by atoms with E-state index in [4.69, 9.17) is 6.42 Å². The molecule has 2 rings (SSSR count). The first-order valence-electron chi connectivity index (χ1n) is 6.24. The van der Waals surface area contributed by atoms with E-state index in [1.807, 2.05) is 31.2 Å². The van der Waals surface area contributed by atoms with Crippen LogP contribution in [0, 0.1) is 12.3 Å². The van der Waals surface area contributed by atoms with Crippen molar-refractivity contribution < 1.29 is 0 Å². The number of terminal acetylenes is 1. The van der Waals surface area contributed by atoms with Gasteiger partial charge >= 0.3 is 0 Å². The van der Waals surface area contributed by atoms with E-state index in [9.17, 15) is 4.79 Å². The predicted molar refractivity (Wildman–Crippen MR) is 91.2 cm³/mol. The molecule has 1 aromatic heterocycles. The van der Waals surface area contributed by atoms with E-state index in [2.05, 4.69) is 48.2 Å². The Hall–Kier alpha value is -1.58. The van der Waals surface area contributed by atoms with Crippen LogP contribution in [0.25, 0.3) is 0 Å². The van der Waals surface area contributed by atoms with Crippen molar-refractivity contribution in [1.82, 2.24) is 9.78 Å². The van der Waals surface area contributed by atoms with Crippen LogP contribution < -0.4 is 10.9 Å². The fraction of sp³-hybridized carbons (Fsp3) is 0.200. The van der Waals surface area contributed by atoms with Gasteiger partial charge < -0.3 is 5.32 Å². The van der Waals surface area contributed by atoms with Crippen molar-refractivity contribution in [2.75, 3.05) is 5.32 Å². The van der Waals surface area contributed by atoms with Crippen molar-refractivity contribution in [2.24, 2.45) is 0 Å². The normalized spacial score (nSPS) is 11.7. The van der Waals surface area contributed by atoms with E-state index in [-0.39, 0.29) is 18.1 Å². The second-order valence-corrected chi connectivity index (χ2v) is 6.17. The molecule has 0 spiro atoms. The molecule has 0 saturated carbocycles. The Morgan fingerprint density at radius 2 is 2.24 bits per heavy atom. The molecule has 2 aromatic rings. The molecule has 0 saturated heterocycles. The lowest BCUT2D eigenvalue weighted by atomic mass is 10.1. The van der Waals surface area contributed by atoms with Crippen LogP contribution in [-0.4, -0.2) is 9.78 Å². The first kappa shape index (κ1) is 15.8. The fourth-order valence-corrected chi connectivity index (χ4v) is 2.70. The standard InChI is InChI=1S/C15H13Br2N3O/c1-3-7-20-15(21)14(17)13(9-18-20)19-10(2)11-5-4-6-12(16)8-11/h1,4-6,8-10,19H,7H2,2H3. The Kier molecular flexibility index (Phi) is 5.21. The van der Waals surface area contributed by atoms with E-state index in [1.54, 1.807) is 6.20 Å². The summed E-state index contributed by atoms with van der Waals surface area (Å²) in [6.07, 6.45) is 6.80. The summed E-state index contributed by atoms with van der Waals surface area (Å²) in [5, 5.41) is 7.32. The molecular weight excluding hydrogens is 398 g/mol. The summed E-state index contributed by atoms with van der Waals surface area (Å²) in [6.45, 7) is 2.17. The topological polar surface area (TPSA) is 46.9 Å². The Labute approximate surface area is 139 Å². The number of aromatic nitrogens is 2. The molecular formula is C15H13Br2N3O. The van der Waals surface area contributed by atoms with E-state index in [1.165, 1.54) is 4.68 Å². The lowest BCUT2D eigenvalue weighted by Gasteiger charge is -2.17. The zero-order chi connectivity index (χ0) is 15.4. The van der Waals surface area contributed by atoms with Crippen LogP contribution in [-0.2, 0) is 6.54 Å².